The van der Waals surface area contributed by atoms with E-state index in [0.717, 1.165) is 0 Å². The van der Waals surface area contributed by atoms with E-state index in [0.29, 0.717) is 0 Å². The topological polar surface area (TPSA) is 17.1 Å². The Bertz CT molecular complexity index is 53.5. The molecule has 0 unspecified atom stereocenters. The number of carbonyl (C=O) groups excluding carboxylic acids is 1. The molecule has 0 saturated carbocycles. The first-order valence-corrected chi connectivity index (χ1v) is 14.1. The fourth-order valence-electron chi connectivity index (χ4n) is 0. The first-order chi connectivity index (χ1) is 3.41. The summed E-state index contributed by atoms with van der Waals surface area (Å²) in [5.74, 6) is 0. The monoisotopic (exact) mass is 273 g/mol. The van der Waals surface area contributed by atoms with E-state index in [1.54, 1.807) is 0 Å². The van der Waals surface area contributed by atoms with Crippen LogP contribution in [0.2, 0.25) is 0 Å². The molecule has 0 heterocycles. The number of hydrogen-bond acceptors (Lipinski definition) is 1. The first-order valence-electron chi connectivity index (χ1n) is 1.46. The van der Waals surface area contributed by atoms with Gasteiger partial charge in [0.25, 0.3) is 0 Å². The van der Waals surface area contributed by atoms with Gasteiger partial charge in [-0.2, -0.15) is 0 Å². The van der Waals surface area contributed by atoms with Crippen molar-refractivity contribution < 1.29 is 20.3 Å². The van der Waals surface area contributed by atoms with Crippen molar-refractivity contribution in [1.82, 2.24) is 0 Å². The van der Waals surface area contributed by atoms with Gasteiger partial charge in [0.1, 0.15) is 0 Å². The zero-order chi connectivity index (χ0) is 7.21. The van der Waals surface area contributed by atoms with E-state index < -0.39 is 15.5 Å². The van der Waals surface area contributed by atoms with Gasteiger partial charge in [0, 0.05) is 6.92 Å². The third kappa shape index (κ3) is 118. The van der Waals surface area contributed by atoms with Gasteiger partial charge < -0.3 is 0 Å². The number of hydrogen-bond donors (Lipinski definition) is 0. The Kier molecular flexibility index (Phi) is 10.6. The van der Waals surface area contributed by atoms with Gasteiger partial charge in [0.05, 0.1) is 0 Å². The van der Waals surface area contributed by atoms with Crippen LogP contribution in [0.4, 0.5) is 0 Å². The summed E-state index contributed by atoms with van der Waals surface area (Å²) < 4.78 is 0. The van der Waals surface area contributed by atoms with Crippen LogP contribution < -0.4 is 0 Å². The summed E-state index contributed by atoms with van der Waals surface area (Å²) in [5, 5.41) is 0. The molecule has 0 atom stereocenters. The Hall–Kier alpha value is 1.71. The average molecular weight is 276 g/mol. The Morgan fingerprint density at radius 2 is 1.25 bits per heavy atom. The third-order valence-electron chi connectivity index (χ3n) is 0. The van der Waals surface area contributed by atoms with E-state index in [9.17, 15) is 0 Å². The van der Waals surface area contributed by atoms with E-state index in [1.165, 1.54) is 13.2 Å². The Morgan fingerprint density at radius 3 is 1.25 bits per heavy atom. The molecule has 0 aliphatic rings. The molecule has 6 heteroatoms. The predicted octanol–water partition coefficient (Wildman–Crippen LogP) is 2.87. The van der Waals surface area contributed by atoms with Crippen LogP contribution in [0.1, 0.15) is 6.92 Å². The van der Waals surface area contributed by atoms with Gasteiger partial charge in [-0.05, 0) is 0 Å². The summed E-state index contributed by atoms with van der Waals surface area (Å²) in [6.07, 6.45) is 1.50. The van der Waals surface area contributed by atoms with Crippen molar-refractivity contribution in [2.75, 3.05) is 0 Å². The summed E-state index contributed by atoms with van der Waals surface area (Å²) in [4.78, 5) is 8.68. The van der Waals surface area contributed by atoms with Crippen molar-refractivity contribution in [2.24, 2.45) is 0 Å². The molecule has 49 valence electrons. The molecule has 0 saturated heterocycles. The van der Waals surface area contributed by atoms with Crippen molar-refractivity contribution in [3.8, 4) is 0 Å². The summed E-state index contributed by atoms with van der Waals surface area (Å²) in [6, 6.07) is 0. The minimum atomic E-state index is -3.29. The molecular weight excluding hydrogens is 273 g/mol. The van der Waals surface area contributed by atoms with E-state index >= 15 is 0 Å². The van der Waals surface area contributed by atoms with Crippen LogP contribution >= 0.6 is 34.1 Å². The van der Waals surface area contributed by atoms with Crippen LogP contribution in [-0.4, -0.2) is 6.29 Å². The van der Waals surface area contributed by atoms with Crippen LogP contribution in [0.3, 0.4) is 0 Å². The Balaban J connectivity index is 0. The van der Waals surface area contributed by atoms with E-state index in [1.807, 2.05) is 0 Å². The van der Waals surface area contributed by atoms with E-state index in [-0.39, 0.29) is 0 Å². The molecule has 1 nitrogen and oxygen atoms in total. The van der Waals surface area contributed by atoms with Gasteiger partial charge in [0.2, 0.25) is 0 Å². The summed E-state index contributed by atoms with van der Waals surface area (Å²) in [7, 11) is 20.1. The van der Waals surface area contributed by atoms with Gasteiger partial charge in [0.15, 0.2) is 6.29 Å². The fourth-order valence-corrected chi connectivity index (χ4v) is 0. The van der Waals surface area contributed by atoms with Gasteiger partial charge >= 0.3 is 49.5 Å². The normalized spacial score (nSPS) is 9.12. The number of rotatable bonds is 0. The Morgan fingerprint density at radius 1 is 1.25 bits per heavy atom. The second-order valence-electron chi connectivity index (χ2n) is 0.633. The van der Waals surface area contributed by atoms with Crippen molar-refractivity contribution in [1.29, 1.82) is 0 Å². The van der Waals surface area contributed by atoms with E-state index in [4.69, 9.17) is 38.8 Å². The SMILES string of the molecule is C[C]=O.[Cl][Zr]([Cl])([Cl])[Cl]. The van der Waals surface area contributed by atoms with Crippen LogP contribution in [0, 0.1) is 0 Å². The molecule has 1 radical (unpaired) electrons. The molecule has 0 bridgehead atoms. The molecule has 0 amide bonds. The van der Waals surface area contributed by atoms with Crippen LogP contribution in [0.5, 0.6) is 0 Å². The molecule has 0 aliphatic carbocycles. The second-order valence-corrected chi connectivity index (χ2v) is 23.0. The predicted molar refractivity (Wildman–Crippen MR) is 34.8 cm³/mol. The maximum absolute atomic E-state index is 8.68. The molecule has 0 spiro atoms. The summed E-state index contributed by atoms with van der Waals surface area (Å²) in [6.45, 7) is 1.32. The zero-order valence-corrected chi connectivity index (χ0v) is 9.40. The van der Waals surface area contributed by atoms with Gasteiger partial charge in [-0.3, -0.25) is 4.79 Å². The van der Waals surface area contributed by atoms with Gasteiger partial charge in [-0.15, -0.1) is 0 Å². The standard InChI is InChI=1S/C2H3O.4ClH.Zr/c1-2-3;;;;;/h1H3;4*1H;/q;;;;;+4/p-4. The molecule has 0 rings (SSSR count). The van der Waals surface area contributed by atoms with Crippen molar-refractivity contribution in [3.05, 3.63) is 0 Å². The molecule has 0 aromatic heterocycles. The molecule has 8 heavy (non-hydrogen) atoms. The van der Waals surface area contributed by atoms with Crippen LogP contribution in [0.15, 0.2) is 0 Å². The molecule has 0 aromatic rings. The quantitative estimate of drug-likeness (QED) is 0.665. The summed E-state index contributed by atoms with van der Waals surface area (Å²) in [5.41, 5.74) is 0. The average Bonchev–Trinajstić information content (AvgIpc) is 1.27. The molecular formula is C2H3Cl4OZr. The molecule has 0 N–H and O–H groups in total. The Labute approximate surface area is 66.8 Å². The fraction of sp³-hybridized carbons (Fsp3) is 0.500. The molecule has 0 fully saturated rings. The second kappa shape index (κ2) is 6.83. The first kappa shape index (κ1) is 12.4. The number of halogens is 4. The molecule has 0 aromatic carbocycles. The van der Waals surface area contributed by atoms with Crippen LogP contribution in [0.25, 0.3) is 0 Å². The van der Waals surface area contributed by atoms with Gasteiger partial charge in [-0.25, -0.2) is 0 Å². The summed E-state index contributed by atoms with van der Waals surface area (Å²) >= 11 is -3.29. The molecule has 0 aliphatic heterocycles. The van der Waals surface area contributed by atoms with Crippen molar-refractivity contribution >= 4 is 40.3 Å². The third-order valence-corrected chi connectivity index (χ3v) is 0. The maximum atomic E-state index is 8.68. The van der Waals surface area contributed by atoms with Gasteiger partial charge in [-0.1, -0.05) is 0 Å². The van der Waals surface area contributed by atoms with Crippen molar-refractivity contribution in [2.45, 2.75) is 6.92 Å². The minimum absolute atomic E-state index is 1.32. The van der Waals surface area contributed by atoms with Crippen LogP contribution in [-0.2, 0) is 20.3 Å². The van der Waals surface area contributed by atoms with E-state index in [2.05, 4.69) is 0 Å². The zero-order valence-electron chi connectivity index (χ0n) is 3.92. The van der Waals surface area contributed by atoms with Crippen molar-refractivity contribution in [3.63, 3.8) is 0 Å².